The molecule has 1 rings (SSSR count). The summed E-state index contributed by atoms with van der Waals surface area (Å²) >= 11 is 0. The van der Waals surface area contributed by atoms with E-state index in [0.29, 0.717) is 12.8 Å². The van der Waals surface area contributed by atoms with Gasteiger partial charge in [0.25, 0.3) is 0 Å². The number of amides is 1. The molecule has 0 bridgehead atoms. The van der Waals surface area contributed by atoms with Crippen LogP contribution in [-0.4, -0.2) is 25.1 Å². The Hall–Kier alpha value is -1.55. The average molecular weight is 236 g/mol. The Morgan fingerprint density at radius 3 is 2.59 bits per heavy atom. The molecule has 0 aliphatic rings. The molecular weight excluding hydrogens is 216 g/mol. The Morgan fingerprint density at radius 1 is 1.41 bits per heavy atom. The lowest BCUT2D eigenvalue weighted by Crippen LogP contribution is -2.33. The fourth-order valence-corrected chi connectivity index (χ4v) is 1.87. The number of methoxy groups -OCH3 is 1. The van der Waals surface area contributed by atoms with Gasteiger partial charge < -0.3 is 4.74 Å². The fourth-order valence-electron chi connectivity index (χ4n) is 1.87. The first-order valence-electron chi connectivity index (χ1n) is 5.61. The highest BCUT2D eigenvalue weighted by molar-refractivity contribution is 5.75. The van der Waals surface area contributed by atoms with Gasteiger partial charge in [0.2, 0.25) is 5.91 Å². The fraction of sp³-hybridized carbons (Fsp3) is 0.462. The second kappa shape index (κ2) is 5.68. The molecule has 2 N–H and O–H groups in total. The minimum Gasteiger partial charge on any atom is -0.496 e. The first-order valence-corrected chi connectivity index (χ1v) is 5.61. The van der Waals surface area contributed by atoms with E-state index in [2.05, 4.69) is 6.07 Å². The predicted molar refractivity (Wildman–Crippen MR) is 67.7 cm³/mol. The molecule has 0 spiro atoms. The molecule has 0 unspecified atom stereocenters. The van der Waals surface area contributed by atoms with Crippen molar-refractivity contribution in [2.45, 2.75) is 26.7 Å². The van der Waals surface area contributed by atoms with Crippen LogP contribution in [0, 0.1) is 13.8 Å². The Balaban J connectivity index is 2.87. The summed E-state index contributed by atoms with van der Waals surface area (Å²) in [5.74, 6) is 6.15. The van der Waals surface area contributed by atoms with Crippen molar-refractivity contribution < 1.29 is 9.53 Å². The Labute approximate surface area is 102 Å². The highest BCUT2D eigenvalue weighted by Gasteiger charge is 2.11. The summed E-state index contributed by atoms with van der Waals surface area (Å²) in [5, 5.41) is 1.12. The minimum absolute atomic E-state index is 0.0768. The van der Waals surface area contributed by atoms with E-state index in [-0.39, 0.29) is 5.91 Å². The lowest BCUT2D eigenvalue weighted by Gasteiger charge is -2.14. The van der Waals surface area contributed by atoms with Gasteiger partial charge in [-0.2, -0.15) is 0 Å². The zero-order chi connectivity index (χ0) is 13.0. The molecule has 1 amide bonds. The Morgan fingerprint density at radius 2 is 2.06 bits per heavy atom. The molecule has 0 saturated carbocycles. The molecule has 4 nitrogen and oxygen atoms in total. The largest absolute Gasteiger partial charge is 0.496 e. The lowest BCUT2D eigenvalue weighted by atomic mass is 10.00. The third kappa shape index (κ3) is 3.46. The summed E-state index contributed by atoms with van der Waals surface area (Å²) in [7, 11) is 3.20. The minimum atomic E-state index is -0.0768. The smallest absolute Gasteiger partial charge is 0.236 e. The van der Waals surface area contributed by atoms with E-state index < -0.39 is 0 Å². The number of hydrogen-bond acceptors (Lipinski definition) is 3. The predicted octanol–water partition coefficient (Wildman–Crippen LogP) is 1.58. The van der Waals surface area contributed by atoms with E-state index in [9.17, 15) is 4.79 Å². The van der Waals surface area contributed by atoms with Crippen molar-refractivity contribution in [3.63, 3.8) is 0 Å². The zero-order valence-corrected chi connectivity index (χ0v) is 10.9. The van der Waals surface area contributed by atoms with Crippen LogP contribution in [0.5, 0.6) is 5.75 Å². The van der Waals surface area contributed by atoms with Gasteiger partial charge in [0.1, 0.15) is 5.75 Å². The maximum atomic E-state index is 11.5. The third-order valence-electron chi connectivity index (χ3n) is 2.78. The highest BCUT2D eigenvalue weighted by Crippen LogP contribution is 2.25. The third-order valence-corrected chi connectivity index (χ3v) is 2.78. The van der Waals surface area contributed by atoms with E-state index >= 15 is 0 Å². The van der Waals surface area contributed by atoms with Crippen LogP contribution in [0.4, 0.5) is 0 Å². The van der Waals surface area contributed by atoms with Gasteiger partial charge in [-0.1, -0.05) is 6.07 Å². The van der Waals surface area contributed by atoms with E-state index in [4.69, 9.17) is 10.6 Å². The van der Waals surface area contributed by atoms with Crippen LogP contribution in [0.3, 0.4) is 0 Å². The van der Waals surface area contributed by atoms with Crippen molar-refractivity contribution in [1.82, 2.24) is 5.01 Å². The molecule has 1 aromatic carbocycles. The molecule has 0 radical (unpaired) electrons. The number of nitrogens with zero attached hydrogens (tertiary/aromatic N) is 1. The number of benzene rings is 1. The van der Waals surface area contributed by atoms with Crippen molar-refractivity contribution in [1.29, 1.82) is 0 Å². The van der Waals surface area contributed by atoms with Crippen LogP contribution in [0.1, 0.15) is 23.1 Å². The quantitative estimate of drug-likeness (QED) is 0.490. The number of hydrazine groups is 1. The van der Waals surface area contributed by atoms with Gasteiger partial charge in [-0.3, -0.25) is 9.80 Å². The van der Waals surface area contributed by atoms with Gasteiger partial charge in [0, 0.05) is 13.5 Å². The normalized spacial score (nSPS) is 10.2. The van der Waals surface area contributed by atoms with Gasteiger partial charge in [0.15, 0.2) is 0 Å². The molecule has 0 aliphatic carbocycles. The second-order valence-electron chi connectivity index (χ2n) is 4.27. The van der Waals surface area contributed by atoms with Crippen LogP contribution in [-0.2, 0) is 11.2 Å². The number of carbonyl (C=O) groups excluding carboxylic acids is 1. The Kier molecular flexibility index (Phi) is 4.52. The molecule has 17 heavy (non-hydrogen) atoms. The molecule has 94 valence electrons. The summed E-state index contributed by atoms with van der Waals surface area (Å²) in [4.78, 5) is 11.5. The van der Waals surface area contributed by atoms with Gasteiger partial charge in [-0.25, -0.2) is 5.84 Å². The van der Waals surface area contributed by atoms with Crippen LogP contribution in [0.15, 0.2) is 12.1 Å². The van der Waals surface area contributed by atoms with Gasteiger partial charge >= 0.3 is 0 Å². The van der Waals surface area contributed by atoms with Gasteiger partial charge in [-0.05, 0) is 43.0 Å². The Bertz CT molecular complexity index is 414. The SMILES string of the molecule is COc1cc(C)cc(C)c1CCC(=O)N(C)N. The summed E-state index contributed by atoms with van der Waals surface area (Å²) in [6.07, 6.45) is 1.04. The van der Waals surface area contributed by atoms with Crippen molar-refractivity contribution in [2.75, 3.05) is 14.2 Å². The molecule has 0 aromatic heterocycles. The molecule has 0 atom stereocenters. The zero-order valence-electron chi connectivity index (χ0n) is 10.9. The molecular formula is C13H20N2O2. The number of aryl methyl sites for hydroxylation is 2. The van der Waals surface area contributed by atoms with Crippen LogP contribution in [0.2, 0.25) is 0 Å². The standard InChI is InChI=1S/C13H20N2O2/c1-9-7-10(2)11(12(8-9)17-4)5-6-13(16)15(3)14/h7-8H,5-6,14H2,1-4H3. The van der Waals surface area contributed by atoms with E-state index in [1.807, 2.05) is 19.9 Å². The molecule has 1 aromatic rings. The monoisotopic (exact) mass is 236 g/mol. The maximum absolute atomic E-state index is 11.5. The van der Waals surface area contributed by atoms with E-state index in [0.717, 1.165) is 27.4 Å². The van der Waals surface area contributed by atoms with Gasteiger partial charge in [0.05, 0.1) is 7.11 Å². The van der Waals surface area contributed by atoms with Gasteiger partial charge in [-0.15, -0.1) is 0 Å². The molecule has 0 fully saturated rings. The summed E-state index contributed by atoms with van der Waals surface area (Å²) < 4.78 is 5.34. The number of rotatable bonds is 4. The van der Waals surface area contributed by atoms with Crippen LogP contribution >= 0.6 is 0 Å². The van der Waals surface area contributed by atoms with Crippen molar-refractivity contribution in [2.24, 2.45) is 5.84 Å². The summed E-state index contributed by atoms with van der Waals surface area (Å²) in [6.45, 7) is 4.06. The number of ether oxygens (including phenoxy) is 1. The average Bonchev–Trinajstić information content (AvgIpc) is 2.26. The molecule has 4 heteroatoms. The maximum Gasteiger partial charge on any atom is 0.236 e. The summed E-state index contributed by atoms with van der Waals surface area (Å²) in [5.41, 5.74) is 3.38. The van der Waals surface area contributed by atoms with E-state index in [1.165, 1.54) is 0 Å². The topological polar surface area (TPSA) is 55.6 Å². The summed E-state index contributed by atoms with van der Waals surface area (Å²) in [6, 6.07) is 4.08. The van der Waals surface area contributed by atoms with Crippen molar-refractivity contribution >= 4 is 5.91 Å². The van der Waals surface area contributed by atoms with E-state index in [1.54, 1.807) is 14.2 Å². The number of hydrogen-bond donors (Lipinski definition) is 1. The van der Waals surface area contributed by atoms with Crippen molar-refractivity contribution in [3.8, 4) is 5.75 Å². The molecule has 0 aliphatic heterocycles. The lowest BCUT2D eigenvalue weighted by molar-refractivity contribution is -0.130. The first kappa shape index (κ1) is 13.5. The molecule has 0 heterocycles. The van der Waals surface area contributed by atoms with Crippen LogP contribution in [0.25, 0.3) is 0 Å². The van der Waals surface area contributed by atoms with Crippen LogP contribution < -0.4 is 10.6 Å². The molecule has 0 saturated heterocycles. The number of nitrogens with two attached hydrogens (primary N) is 1. The highest BCUT2D eigenvalue weighted by atomic mass is 16.5. The second-order valence-corrected chi connectivity index (χ2v) is 4.27. The first-order chi connectivity index (χ1) is 7.95. The van der Waals surface area contributed by atoms with Crippen molar-refractivity contribution in [3.05, 3.63) is 28.8 Å². The number of carbonyl (C=O) groups is 1.